The van der Waals surface area contributed by atoms with Gasteiger partial charge < -0.3 is 19.9 Å². The molecule has 1 aromatic heterocycles. The summed E-state index contributed by atoms with van der Waals surface area (Å²) in [5.41, 5.74) is 0.586. The first kappa shape index (κ1) is 26.1. The number of hydrogen-bond donors (Lipinski definition) is 2. The summed E-state index contributed by atoms with van der Waals surface area (Å²) in [6.45, 7) is 3.83. The maximum atomic E-state index is 13.1. The second-order valence-electron chi connectivity index (χ2n) is 8.26. The minimum atomic E-state index is -1.00. The van der Waals surface area contributed by atoms with Crippen molar-refractivity contribution in [3.05, 3.63) is 88.5 Å². The van der Waals surface area contributed by atoms with E-state index in [2.05, 4.69) is 15.6 Å². The molecule has 2 aromatic carbocycles. The van der Waals surface area contributed by atoms with Gasteiger partial charge in [-0.05, 0) is 32.0 Å². The first-order valence-corrected chi connectivity index (χ1v) is 11.3. The van der Waals surface area contributed by atoms with Gasteiger partial charge in [0, 0.05) is 42.7 Å². The molecule has 0 aliphatic carbocycles. The van der Waals surface area contributed by atoms with Crippen LogP contribution in [0.15, 0.2) is 67.3 Å². The highest BCUT2D eigenvalue weighted by Crippen LogP contribution is 2.28. The highest BCUT2D eigenvalue weighted by atomic mass is 16.6. The minimum absolute atomic E-state index is 0.181. The van der Waals surface area contributed by atoms with Gasteiger partial charge in [0.25, 0.3) is 11.6 Å². The van der Waals surface area contributed by atoms with Crippen LogP contribution in [-0.4, -0.2) is 38.4 Å². The third kappa shape index (κ3) is 7.49. The van der Waals surface area contributed by atoms with E-state index < -0.39 is 22.8 Å². The van der Waals surface area contributed by atoms with E-state index in [0.717, 1.165) is 0 Å². The SMILES string of the molecule is CC(C)OC(=O)CC(NC(=O)c1cccc(NC(=O)CCn2ccnc2)c1)c1ccccc1[N+](=O)[O-]. The van der Waals surface area contributed by atoms with Crippen LogP contribution in [-0.2, 0) is 20.9 Å². The molecule has 188 valence electrons. The fraction of sp³-hybridized carbons (Fsp3) is 0.280. The molecular formula is C25H27N5O6. The molecule has 0 saturated carbocycles. The van der Waals surface area contributed by atoms with Crippen LogP contribution >= 0.6 is 0 Å². The molecule has 0 fully saturated rings. The molecule has 2 amide bonds. The van der Waals surface area contributed by atoms with E-state index in [0.29, 0.717) is 12.2 Å². The van der Waals surface area contributed by atoms with Crippen molar-refractivity contribution >= 4 is 29.2 Å². The quantitative estimate of drug-likeness (QED) is 0.236. The number of esters is 1. The number of carbonyl (C=O) groups is 3. The molecule has 1 atom stereocenters. The number of anilines is 1. The molecule has 11 heteroatoms. The topological polar surface area (TPSA) is 145 Å². The number of nitro benzene ring substituents is 1. The Morgan fingerprint density at radius 3 is 2.61 bits per heavy atom. The molecule has 3 aromatic rings. The Labute approximate surface area is 207 Å². The average molecular weight is 494 g/mol. The number of carbonyl (C=O) groups excluding carboxylic acids is 3. The number of hydrogen-bond acceptors (Lipinski definition) is 7. The molecule has 0 spiro atoms. The number of nitrogens with zero attached hydrogens (tertiary/aromatic N) is 3. The smallest absolute Gasteiger partial charge is 0.308 e. The van der Waals surface area contributed by atoms with Crippen molar-refractivity contribution in [2.24, 2.45) is 0 Å². The zero-order valence-corrected chi connectivity index (χ0v) is 19.9. The van der Waals surface area contributed by atoms with Crippen molar-refractivity contribution in [3.8, 4) is 0 Å². The zero-order valence-electron chi connectivity index (χ0n) is 19.9. The molecule has 0 aliphatic rings. The number of ether oxygens (including phenoxy) is 1. The van der Waals surface area contributed by atoms with Gasteiger partial charge >= 0.3 is 5.97 Å². The van der Waals surface area contributed by atoms with Crippen LogP contribution in [0.5, 0.6) is 0 Å². The molecule has 1 heterocycles. The highest BCUT2D eigenvalue weighted by molar-refractivity contribution is 5.97. The fourth-order valence-corrected chi connectivity index (χ4v) is 3.52. The number of para-hydroxylation sites is 1. The first-order chi connectivity index (χ1) is 17.2. The molecule has 3 rings (SSSR count). The maximum absolute atomic E-state index is 13.1. The predicted molar refractivity (Wildman–Crippen MR) is 131 cm³/mol. The summed E-state index contributed by atoms with van der Waals surface area (Å²) in [7, 11) is 0. The third-order valence-corrected chi connectivity index (χ3v) is 5.12. The monoisotopic (exact) mass is 493 g/mol. The van der Waals surface area contributed by atoms with Gasteiger partial charge in [0.05, 0.1) is 35.4 Å². The summed E-state index contributed by atoms with van der Waals surface area (Å²) >= 11 is 0. The number of aromatic nitrogens is 2. The Kier molecular flexibility index (Phi) is 8.87. The van der Waals surface area contributed by atoms with Crippen LogP contribution in [0.1, 0.15) is 48.7 Å². The Bertz CT molecular complexity index is 1230. The van der Waals surface area contributed by atoms with E-state index in [4.69, 9.17) is 4.74 Å². The Balaban J connectivity index is 1.75. The molecule has 0 bridgehead atoms. The highest BCUT2D eigenvalue weighted by Gasteiger charge is 2.27. The van der Waals surface area contributed by atoms with Gasteiger partial charge in [0.1, 0.15) is 0 Å². The number of aryl methyl sites for hydroxylation is 1. The van der Waals surface area contributed by atoms with E-state index in [1.807, 2.05) is 0 Å². The third-order valence-electron chi connectivity index (χ3n) is 5.12. The van der Waals surface area contributed by atoms with Crippen molar-refractivity contribution in [1.29, 1.82) is 0 Å². The van der Waals surface area contributed by atoms with Crippen molar-refractivity contribution < 1.29 is 24.0 Å². The number of rotatable bonds is 11. The summed E-state index contributed by atoms with van der Waals surface area (Å²) in [6, 6.07) is 11.2. The van der Waals surface area contributed by atoms with Crippen LogP contribution in [0.25, 0.3) is 0 Å². The maximum Gasteiger partial charge on any atom is 0.308 e. The van der Waals surface area contributed by atoms with E-state index >= 15 is 0 Å². The molecule has 2 N–H and O–H groups in total. The van der Waals surface area contributed by atoms with Crippen molar-refractivity contribution in [2.75, 3.05) is 5.32 Å². The number of amides is 2. The molecule has 0 aliphatic heterocycles. The lowest BCUT2D eigenvalue weighted by Gasteiger charge is -2.19. The van der Waals surface area contributed by atoms with Crippen LogP contribution in [0, 0.1) is 10.1 Å². The second-order valence-corrected chi connectivity index (χ2v) is 8.26. The van der Waals surface area contributed by atoms with Crippen LogP contribution in [0.2, 0.25) is 0 Å². The van der Waals surface area contributed by atoms with Crippen molar-refractivity contribution in [3.63, 3.8) is 0 Å². The lowest BCUT2D eigenvalue weighted by molar-refractivity contribution is -0.385. The van der Waals surface area contributed by atoms with E-state index in [-0.39, 0.29) is 41.7 Å². The first-order valence-electron chi connectivity index (χ1n) is 11.3. The van der Waals surface area contributed by atoms with Gasteiger partial charge in [-0.3, -0.25) is 24.5 Å². The normalized spacial score (nSPS) is 11.5. The molecule has 0 radical (unpaired) electrons. The predicted octanol–water partition coefficient (Wildman–Crippen LogP) is 3.63. The van der Waals surface area contributed by atoms with E-state index in [9.17, 15) is 24.5 Å². The molecule has 1 unspecified atom stereocenters. The summed E-state index contributed by atoms with van der Waals surface area (Å²) in [5.74, 6) is -1.41. The van der Waals surface area contributed by atoms with Gasteiger partial charge in [0.2, 0.25) is 5.91 Å². The lowest BCUT2D eigenvalue weighted by Crippen LogP contribution is -2.31. The average Bonchev–Trinajstić information content (AvgIpc) is 3.36. The Morgan fingerprint density at radius 1 is 1.14 bits per heavy atom. The van der Waals surface area contributed by atoms with E-state index in [1.165, 1.54) is 24.3 Å². The van der Waals surface area contributed by atoms with E-state index in [1.54, 1.807) is 61.4 Å². The lowest BCUT2D eigenvalue weighted by atomic mass is 10.0. The zero-order chi connectivity index (χ0) is 26.1. The van der Waals surface area contributed by atoms with Gasteiger partial charge in [0.15, 0.2) is 0 Å². The molecular weight excluding hydrogens is 466 g/mol. The summed E-state index contributed by atoms with van der Waals surface area (Å²) in [4.78, 5) is 52.7. The van der Waals surface area contributed by atoms with Crippen LogP contribution < -0.4 is 10.6 Å². The number of nitro groups is 1. The molecule has 36 heavy (non-hydrogen) atoms. The summed E-state index contributed by atoms with van der Waals surface area (Å²) in [6.07, 6.45) is 4.53. The Morgan fingerprint density at radius 2 is 1.92 bits per heavy atom. The standard InChI is InChI=1S/C25H27N5O6/c1-17(2)36-24(32)15-21(20-8-3-4-9-22(20)30(34)35)28-25(33)18-6-5-7-19(14-18)27-23(31)10-12-29-13-11-26-16-29/h3-9,11,13-14,16-17,21H,10,12,15H2,1-2H3,(H,27,31)(H,28,33). The number of benzene rings is 2. The number of imidazole rings is 1. The Hall–Kier alpha value is -4.54. The largest absolute Gasteiger partial charge is 0.463 e. The number of nitrogens with one attached hydrogen (secondary N) is 2. The fourth-order valence-electron chi connectivity index (χ4n) is 3.52. The summed E-state index contributed by atoms with van der Waals surface area (Å²) < 4.78 is 6.96. The van der Waals surface area contributed by atoms with Crippen LogP contribution in [0.4, 0.5) is 11.4 Å². The molecule has 0 saturated heterocycles. The molecule has 11 nitrogen and oxygen atoms in total. The summed E-state index contributed by atoms with van der Waals surface area (Å²) in [5, 5.41) is 17.0. The van der Waals surface area contributed by atoms with Gasteiger partial charge in [-0.2, -0.15) is 0 Å². The van der Waals surface area contributed by atoms with Crippen molar-refractivity contribution in [1.82, 2.24) is 14.9 Å². The van der Waals surface area contributed by atoms with Crippen molar-refractivity contribution in [2.45, 2.75) is 45.4 Å². The van der Waals surface area contributed by atoms with Gasteiger partial charge in [-0.1, -0.05) is 24.3 Å². The minimum Gasteiger partial charge on any atom is -0.463 e. The van der Waals surface area contributed by atoms with Gasteiger partial charge in [-0.15, -0.1) is 0 Å². The van der Waals surface area contributed by atoms with Crippen LogP contribution in [0.3, 0.4) is 0 Å². The van der Waals surface area contributed by atoms with Gasteiger partial charge in [-0.25, -0.2) is 4.98 Å². The second kappa shape index (κ2) is 12.2.